The van der Waals surface area contributed by atoms with Crippen molar-refractivity contribution >= 4 is 8.07 Å². The molecule has 0 saturated heterocycles. The Bertz CT molecular complexity index is 190. The smallest absolute Gasteiger partial charge is 0.134 e. The van der Waals surface area contributed by atoms with Crippen LogP contribution in [0.2, 0.25) is 25.7 Å². The van der Waals surface area contributed by atoms with Crippen molar-refractivity contribution in [1.82, 2.24) is 5.01 Å². The summed E-state index contributed by atoms with van der Waals surface area (Å²) in [5.41, 5.74) is 10.6. The van der Waals surface area contributed by atoms with E-state index in [0.717, 1.165) is 12.7 Å². The molecule has 0 unspecified atom stereocenters. The lowest BCUT2D eigenvalue weighted by molar-refractivity contribution is 0.0537. The van der Waals surface area contributed by atoms with Crippen LogP contribution in [0.3, 0.4) is 0 Å². The number of rotatable bonds is 6. The van der Waals surface area contributed by atoms with Gasteiger partial charge >= 0.3 is 0 Å². The first-order chi connectivity index (χ1) is 6.37. The number of hydrogen-bond donors (Lipinski definition) is 3. The molecule has 0 amide bonds. The lowest BCUT2D eigenvalue weighted by atomic mass is 10.7. The van der Waals surface area contributed by atoms with Crippen molar-refractivity contribution in [3.05, 3.63) is 12.0 Å². The molecule has 0 spiro atoms. The van der Waals surface area contributed by atoms with E-state index in [4.69, 9.17) is 22.0 Å². The molecule has 0 heterocycles. The minimum absolute atomic E-state index is 0.282. The highest BCUT2D eigenvalue weighted by atomic mass is 28.3. The van der Waals surface area contributed by atoms with Gasteiger partial charge in [0.2, 0.25) is 0 Å². The normalized spacial score (nSPS) is 13.0. The number of nitrogens with two attached hydrogens (primary N) is 3. The quantitative estimate of drug-likeness (QED) is 0.195. The summed E-state index contributed by atoms with van der Waals surface area (Å²) in [6, 6.07) is 1.12. The standard InChI is InChI=1S/C8H22N4OSi/c1-14(2,3)5-4-13-7-12(11)8(10)6-9/h6H,4-5,7,9-11H2,1-3H3/b8-6-. The van der Waals surface area contributed by atoms with E-state index in [-0.39, 0.29) is 6.73 Å². The van der Waals surface area contributed by atoms with Crippen LogP contribution in [-0.4, -0.2) is 26.4 Å². The van der Waals surface area contributed by atoms with Crippen molar-refractivity contribution in [3.8, 4) is 0 Å². The minimum Gasteiger partial charge on any atom is -0.402 e. The molecule has 0 saturated carbocycles. The van der Waals surface area contributed by atoms with Gasteiger partial charge in [0, 0.05) is 20.9 Å². The lowest BCUT2D eigenvalue weighted by Crippen LogP contribution is -2.37. The first-order valence-corrected chi connectivity index (χ1v) is 8.35. The highest BCUT2D eigenvalue weighted by Crippen LogP contribution is 2.07. The van der Waals surface area contributed by atoms with Crippen LogP contribution in [0, 0.1) is 0 Å². The Morgan fingerprint density at radius 2 is 2.00 bits per heavy atom. The topological polar surface area (TPSA) is 90.5 Å². The van der Waals surface area contributed by atoms with Gasteiger partial charge in [-0.3, -0.25) is 5.01 Å². The van der Waals surface area contributed by atoms with Crippen molar-refractivity contribution in [2.75, 3.05) is 13.3 Å². The molecule has 0 aromatic heterocycles. The molecule has 0 bridgehead atoms. The fourth-order valence-corrected chi connectivity index (χ4v) is 1.47. The van der Waals surface area contributed by atoms with Crippen molar-refractivity contribution in [2.24, 2.45) is 17.3 Å². The van der Waals surface area contributed by atoms with Gasteiger partial charge in [-0.25, -0.2) is 5.84 Å². The number of hydrogen-bond acceptors (Lipinski definition) is 5. The van der Waals surface area contributed by atoms with Crippen LogP contribution in [0.15, 0.2) is 12.0 Å². The van der Waals surface area contributed by atoms with Crippen LogP contribution in [0.5, 0.6) is 0 Å². The van der Waals surface area contributed by atoms with Crippen molar-refractivity contribution in [2.45, 2.75) is 25.7 Å². The molecular formula is C8H22N4OSi. The maximum absolute atomic E-state index is 5.52. The van der Waals surface area contributed by atoms with E-state index in [9.17, 15) is 0 Å². The second-order valence-electron chi connectivity index (χ2n) is 4.41. The van der Waals surface area contributed by atoms with E-state index in [1.54, 1.807) is 0 Å². The van der Waals surface area contributed by atoms with Crippen molar-refractivity contribution in [1.29, 1.82) is 0 Å². The van der Waals surface area contributed by atoms with E-state index >= 15 is 0 Å². The van der Waals surface area contributed by atoms with Crippen LogP contribution < -0.4 is 17.3 Å². The lowest BCUT2D eigenvalue weighted by Gasteiger charge is -2.20. The second-order valence-corrected chi connectivity index (χ2v) is 10.0. The van der Waals surface area contributed by atoms with E-state index in [1.807, 2.05) is 0 Å². The Balaban J connectivity index is 3.56. The largest absolute Gasteiger partial charge is 0.402 e. The molecule has 0 fully saturated rings. The molecule has 0 aliphatic heterocycles. The zero-order chi connectivity index (χ0) is 11.2. The molecule has 6 heteroatoms. The zero-order valence-electron chi connectivity index (χ0n) is 9.29. The third-order valence-electron chi connectivity index (χ3n) is 1.73. The molecule has 5 nitrogen and oxygen atoms in total. The second kappa shape index (κ2) is 5.89. The summed E-state index contributed by atoms with van der Waals surface area (Å²) in [6.45, 7) is 7.89. The highest BCUT2D eigenvalue weighted by Gasteiger charge is 2.12. The third kappa shape index (κ3) is 6.76. The van der Waals surface area contributed by atoms with Crippen LogP contribution >= 0.6 is 0 Å². The van der Waals surface area contributed by atoms with Crippen LogP contribution in [0.4, 0.5) is 0 Å². The van der Waals surface area contributed by atoms with Gasteiger partial charge in [-0.1, -0.05) is 19.6 Å². The monoisotopic (exact) mass is 218 g/mol. The Labute approximate surface area is 86.8 Å². The fraction of sp³-hybridized carbons (Fsp3) is 0.750. The average Bonchev–Trinajstić information content (AvgIpc) is 2.09. The predicted octanol–water partition coefficient (Wildman–Crippen LogP) is 0.191. The molecule has 6 N–H and O–H groups in total. The number of nitrogens with zero attached hydrogens (tertiary/aromatic N) is 1. The SMILES string of the molecule is C[Si](C)(C)CCOCN(N)/C(N)=C\N. The Kier molecular flexibility index (Phi) is 5.59. The molecular weight excluding hydrogens is 196 g/mol. The van der Waals surface area contributed by atoms with Crippen molar-refractivity contribution < 1.29 is 4.74 Å². The summed E-state index contributed by atoms with van der Waals surface area (Å²) < 4.78 is 5.35. The molecule has 0 radical (unpaired) electrons. The van der Waals surface area contributed by atoms with E-state index in [2.05, 4.69) is 19.6 Å². The van der Waals surface area contributed by atoms with Crippen LogP contribution in [-0.2, 0) is 4.74 Å². The molecule has 0 aromatic rings. The average molecular weight is 218 g/mol. The molecule has 0 rings (SSSR count). The van der Waals surface area contributed by atoms with Gasteiger partial charge in [0.1, 0.15) is 12.6 Å². The van der Waals surface area contributed by atoms with Crippen LogP contribution in [0.25, 0.3) is 0 Å². The van der Waals surface area contributed by atoms with Gasteiger partial charge in [-0.2, -0.15) is 0 Å². The summed E-state index contributed by atoms with van der Waals surface area (Å²) >= 11 is 0. The summed E-state index contributed by atoms with van der Waals surface area (Å²) in [7, 11) is -1.02. The van der Waals surface area contributed by atoms with E-state index in [0.29, 0.717) is 5.82 Å². The maximum atomic E-state index is 5.52. The maximum Gasteiger partial charge on any atom is 0.134 e. The first kappa shape index (κ1) is 13.3. The minimum atomic E-state index is -1.02. The summed E-state index contributed by atoms with van der Waals surface area (Å²) in [6.07, 6.45) is 1.25. The van der Waals surface area contributed by atoms with Gasteiger partial charge in [0.05, 0.1) is 0 Å². The Morgan fingerprint density at radius 3 is 2.43 bits per heavy atom. The number of ether oxygens (including phenoxy) is 1. The molecule has 0 aliphatic carbocycles. The van der Waals surface area contributed by atoms with Crippen LogP contribution in [0.1, 0.15) is 0 Å². The molecule has 0 aromatic carbocycles. The molecule has 0 aliphatic rings. The molecule has 14 heavy (non-hydrogen) atoms. The summed E-state index contributed by atoms with van der Waals surface area (Å²) in [5, 5.41) is 1.28. The van der Waals surface area contributed by atoms with Gasteiger partial charge in [-0.15, -0.1) is 0 Å². The van der Waals surface area contributed by atoms with Gasteiger partial charge in [0.15, 0.2) is 0 Å². The number of hydrazine groups is 1. The third-order valence-corrected chi connectivity index (χ3v) is 3.43. The van der Waals surface area contributed by atoms with Gasteiger partial charge in [0.25, 0.3) is 0 Å². The fourth-order valence-electron chi connectivity index (χ4n) is 0.712. The Hall–Kier alpha value is -0.723. The predicted molar refractivity (Wildman–Crippen MR) is 61.5 cm³/mol. The van der Waals surface area contributed by atoms with E-state index < -0.39 is 8.07 Å². The van der Waals surface area contributed by atoms with Gasteiger partial charge < -0.3 is 16.2 Å². The first-order valence-electron chi connectivity index (χ1n) is 4.64. The van der Waals surface area contributed by atoms with Gasteiger partial charge in [-0.05, 0) is 6.04 Å². The van der Waals surface area contributed by atoms with Crippen molar-refractivity contribution in [3.63, 3.8) is 0 Å². The summed E-state index contributed by atoms with van der Waals surface area (Å²) in [5.74, 6) is 5.84. The van der Waals surface area contributed by atoms with E-state index in [1.165, 1.54) is 11.2 Å². The highest BCUT2D eigenvalue weighted by molar-refractivity contribution is 6.76. The Morgan fingerprint density at radius 1 is 1.43 bits per heavy atom. The molecule has 84 valence electrons. The summed E-state index contributed by atoms with van der Waals surface area (Å²) in [4.78, 5) is 0. The zero-order valence-corrected chi connectivity index (χ0v) is 10.3. The molecule has 0 atom stereocenters.